The van der Waals surface area contributed by atoms with Gasteiger partial charge in [-0.1, -0.05) is 23.2 Å². The molecule has 0 unspecified atom stereocenters. The molecule has 1 aromatic heterocycles. The van der Waals surface area contributed by atoms with E-state index in [4.69, 9.17) is 28.3 Å². The number of fused-ring (bicyclic) bond motifs is 1. The number of carbonyl (C=O) groups excluding carboxylic acids is 2. The van der Waals surface area contributed by atoms with E-state index in [0.717, 1.165) is 6.07 Å². The number of amides is 1. The summed E-state index contributed by atoms with van der Waals surface area (Å²) in [4.78, 5) is 35.9. The topological polar surface area (TPSA) is 109 Å². The first-order chi connectivity index (χ1) is 15.1. The molecule has 7 nitrogen and oxygen atoms in total. The van der Waals surface area contributed by atoms with Crippen LogP contribution >= 0.6 is 23.2 Å². The Hall–Kier alpha value is -3.10. The second kappa shape index (κ2) is 9.58. The van der Waals surface area contributed by atoms with Crippen molar-refractivity contribution in [1.82, 2.24) is 9.88 Å². The van der Waals surface area contributed by atoms with Gasteiger partial charge in [0.05, 0.1) is 22.0 Å². The van der Waals surface area contributed by atoms with Gasteiger partial charge in [0.25, 0.3) is 5.91 Å². The zero-order valence-corrected chi connectivity index (χ0v) is 18.4. The van der Waals surface area contributed by atoms with Crippen LogP contribution in [0.4, 0.5) is 4.39 Å². The number of rotatable bonds is 7. The van der Waals surface area contributed by atoms with Gasteiger partial charge in [-0.3, -0.25) is 19.0 Å². The van der Waals surface area contributed by atoms with Crippen LogP contribution in [-0.2, 0) is 16.0 Å². The number of aryl methyl sites for hydroxylation is 1. The number of phenolic OH excluding ortho intramolecular Hbond substituents is 1. The maximum absolute atomic E-state index is 14.9. The summed E-state index contributed by atoms with van der Waals surface area (Å²) in [5.41, 5.74) is 1.25. The van der Waals surface area contributed by atoms with Crippen molar-refractivity contribution in [3.05, 3.63) is 63.0 Å². The molecule has 3 rings (SSSR count). The molecule has 0 fully saturated rings. The minimum absolute atomic E-state index is 0.0279. The zero-order chi connectivity index (χ0) is 23.6. The summed E-state index contributed by atoms with van der Waals surface area (Å²) in [6, 6.07) is 6.95. The predicted octanol–water partition coefficient (Wildman–Crippen LogP) is 4.31. The van der Waals surface area contributed by atoms with Crippen LogP contribution in [0.2, 0.25) is 10.0 Å². The molecule has 0 aliphatic heterocycles. The summed E-state index contributed by atoms with van der Waals surface area (Å²) in [6.45, 7) is 1.59. The molecule has 1 heterocycles. The number of aromatic hydroxyl groups is 1. The third-order valence-corrected chi connectivity index (χ3v) is 5.79. The van der Waals surface area contributed by atoms with E-state index in [1.54, 1.807) is 6.92 Å². The zero-order valence-electron chi connectivity index (χ0n) is 16.9. The third kappa shape index (κ3) is 4.71. The number of carboxylic acids is 1. The average Bonchev–Trinajstić information content (AvgIpc) is 3.02. The van der Waals surface area contributed by atoms with E-state index in [-0.39, 0.29) is 52.3 Å². The van der Waals surface area contributed by atoms with Crippen LogP contribution in [0, 0.1) is 12.7 Å². The summed E-state index contributed by atoms with van der Waals surface area (Å²) in [5, 5.41) is 21.5. The lowest BCUT2D eigenvalue weighted by Crippen LogP contribution is -2.26. The van der Waals surface area contributed by atoms with Crippen molar-refractivity contribution in [3.8, 4) is 5.75 Å². The Morgan fingerprint density at radius 3 is 2.47 bits per heavy atom. The van der Waals surface area contributed by atoms with Gasteiger partial charge in [0.15, 0.2) is 11.6 Å². The molecule has 168 valence electrons. The number of aliphatic carboxylic acids is 1. The second-order valence-corrected chi connectivity index (χ2v) is 7.93. The fraction of sp³-hybridized carbons (Fsp3) is 0.227. The fourth-order valence-electron chi connectivity index (χ4n) is 3.49. The van der Waals surface area contributed by atoms with Gasteiger partial charge in [0.1, 0.15) is 0 Å². The molecule has 0 bridgehead atoms. The molecule has 0 spiro atoms. The Labute approximate surface area is 192 Å². The van der Waals surface area contributed by atoms with Gasteiger partial charge in [-0.25, -0.2) is 4.39 Å². The van der Waals surface area contributed by atoms with E-state index in [0.29, 0.717) is 11.3 Å². The van der Waals surface area contributed by atoms with Crippen LogP contribution in [0.25, 0.3) is 10.9 Å². The highest BCUT2D eigenvalue weighted by Crippen LogP contribution is 2.34. The number of benzene rings is 2. The van der Waals surface area contributed by atoms with Gasteiger partial charge in [-0.05, 0) is 49.2 Å². The molecule has 32 heavy (non-hydrogen) atoms. The molecule has 2 aromatic carbocycles. The van der Waals surface area contributed by atoms with E-state index < -0.39 is 29.4 Å². The molecular weight excluding hydrogens is 462 g/mol. The van der Waals surface area contributed by atoms with Crippen molar-refractivity contribution < 1.29 is 29.0 Å². The molecule has 3 aromatic rings. The van der Waals surface area contributed by atoms with E-state index in [1.165, 1.54) is 28.8 Å². The first-order valence-corrected chi connectivity index (χ1v) is 10.4. The molecule has 0 aliphatic rings. The van der Waals surface area contributed by atoms with Crippen LogP contribution in [-0.4, -0.2) is 39.1 Å². The largest absolute Gasteiger partial charge is 0.505 e. The standard InChI is InChI=1S/C22H19Cl2FN2O5/c1-11-13(3-7-18(29)26-9-8-19(30)31)20-16(5-6-17(28)21(20)25)27(11)22(32)12-2-4-14(23)15(24)10-12/h2,4-6,10,28H,3,7-9H2,1H3,(H,26,29)(H,30,31). The Bertz CT molecular complexity index is 1240. The molecule has 0 radical (unpaired) electrons. The van der Waals surface area contributed by atoms with Crippen LogP contribution in [0.1, 0.15) is 34.5 Å². The number of hydrogen-bond acceptors (Lipinski definition) is 4. The Morgan fingerprint density at radius 1 is 1.09 bits per heavy atom. The van der Waals surface area contributed by atoms with Crippen molar-refractivity contribution in [3.63, 3.8) is 0 Å². The minimum atomic E-state index is -1.04. The molecular formula is C22H19Cl2FN2O5. The molecule has 1 amide bonds. The van der Waals surface area contributed by atoms with Crippen LogP contribution in [0.3, 0.4) is 0 Å². The highest BCUT2D eigenvalue weighted by atomic mass is 35.5. The summed E-state index contributed by atoms with van der Waals surface area (Å²) in [7, 11) is 0. The van der Waals surface area contributed by atoms with Crippen molar-refractivity contribution in [2.24, 2.45) is 0 Å². The quantitative estimate of drug-likeness (QED) is 0.466. The van der Waals surface area contributed by atoms with Gasteiger partial charge in [0, 0.05) is 29.6 Å². The Balaban J connectivity index is 2.00. The highest BCUT2D eigenvalue weighted by Gasteiger charge is 2.24. The normalized spacial score (nSPS) is 11.0. The molecule has 0 aliphatic carbocycles. The molecule has 0 saturated carbocycles. The number of phenols is 1. The minimum Gasteiger partial charge on any atom is -0.505 e. The first kappa shape index (κ1) is 23.6. The van der Waals surface area contributed by atoms with Gasteiger partial charge >= 0.3 is 5.97 Å². The van der Waals surface area contributed by atoms with E-state index >= 15 is 0 Å². The molecule has 0 saturated heterocycles. The fourth-order valence-corrected chi connectivity index (χ4v) is 3.78. The maximum atomic E-state index is 14.9. The molecule has 0 atom stereocenters. The number of nitrogens with one attached hydrogen (secondary N) is 1. The second-order valence-electron chi connectivity index (χ2n) is 7.12. The van der Waals surface area contributed by atoms with E-state index in [1.807, 2.05) is 0 Å². The number of aromatic nitrogens is 1. The smallest absolute Gasteiger partial charge is 0.305 e. The lowest BCUT2D eigenvalue weighted by atomic mass is 10.0. The third-order valence-electron chi connectivity index (χ3n) is 5.05. The van der Waals surface area contributed by atoms with Crippen molar-refractivity contribution in [2.45, 2.75) is 26.2 Å². The van der Waals surface area contributed by atoms with Crippen LogP contribution in [0.5, 0.6) is 5.75 Å². The number of hydrogen-bond donors (Lipinski definition) is 3. The average molecular weight is 481 g/mol. The first-order valence-electron chi connectivity index (χ1n) is 9.61. The van der Waals surface area contributed by atoms with E-state index in [9.17, 15) is 23.9 Å². The number of carbonyl (C=O) groups is 3. The van der Waals surface area contributed by atoms with Crippen LogP contribution in [0.15, 0.2) is 30.3 Å². The number of halogens is 3. The van der Waals surface area contributed by atoms with Crippen molar-refractivity contribution >= 4 is 51.9 Å². The highest BCUT2D eigenvalue weighted by molar-refractivity contribution is 6.42. The Kier molecular flexibility index (Phi) is 7.06. The SMILES string of the molecule is Cc1c(CCC(=O)NCCC(=O)O)c2c(F)c(O)ccc2n1C(=O)c1ccc(Cl)c(Cl)c1. The number of nitrogens with zero attached hydrogens (tertiary/aromatic N) is 1. The lowest BCUT2D eigenvalue weighted by molar-refractivity contribution is -0.136. The van der Waals surface area contributed by atoms with E-state index in [2.05, 4.69) is 5.32 Å². The number of carboxylic acid groups (broad SMARTS) is 1. The summed E-state index contributed by atoms with van der Waals surface area (Å²) in [5.74, 6) is -3.41. The van der Waals surface area contributed by atoms with Gasteiger partial charge in [-0.2, -0.15) is 0 Å². The molecule has 10 heteroatoms. The lowest BCUT2D eigenvalue weighted by Gasteiger charge is -2.09. The molecule has 3 N–H and O–H groups in total. The predicted molar refractivity (Wildman–Crippen MR) is 118 cm³/mol. The summed E-state index contributed by atoms with van der Waals surface area (Å²) >= 11 is 12.0. The van der Waals surface area contributed by atoms with Gasteiger partial charge < -0.3 is 15.5 Å². The monoisotopic (exact) mass is 480 g/mol. The van der Waals surface area contributed by atoms with Gasteiger partial charge in [-0.15, -0.1) is 0 Å². The van der Waals surface area contributed by atoms with Crippen molar-refractivity contribution in [2.75, 3.05) is 6.54 Å². The summed E-state index contributed by atoms with van der Waals surface area (Å²) in [6.07, 6.45) is -0.205. The Morgan fingerprint density at radius 2 is 1.81 bits per heavy atom. The summed E-state index contributed by atoms with van der Waals surface area (Å²) < 4.78 is 16.2. The maximum Gasteiger partial charge on any atom is 0.305 e. The van der Waals surface area contributed by atoms with Crippen molar-refractivity contribution in [1.29, 1.82) is 0 Å². The van der Waals surface area contributed by atoms with Gasteiger partial charge in [0.2, 0.25) is 5.91 Å². The van der Waals surface area contributed by atoms with Crippen LogP contribution < -0.4 is 5.32 Å².